The lowest BCUT2D eigenvalue weighted by Gasteiger charge is -2.31. The SMILES string of the molecule is Cc1nn(C)c(N2CCc3ccc(N)cc3C2)c1C(N)=O. The first-order chi connectivity index (χ1) is 9.97. The molecule has 1 amide bonds. The number of fused-ring (bicyclic) bond motifs is 1. The molecule has 2 heterocycles. The third-order valence-corrected chi connectivity index (χ3v) is 3.98. The molecule has 1 aromatic heterocycles. The maximum atomic E-state index is 11.7. The molecule has 0 fully saturated rings. The number of aryl methyl sites for hydroxylation is 2. The zero-order valence-corrected chi connectivity index (χ0v) is 12.3. The molecule has 0 saturated carbocycles. The van der Waals surface area contributed by atoms with E-state index in [2.05, 4.69) is 16.1 Å². The number of hydrogen-bond acceptors (Lipinski definition) is 4. The molecule has 0 bridgehead atoms. The van der Waals surface area contributed by atoms with Crippen molar-refractivity contribution in [3.63, 3.8) is 0 Å². The van der Waals surface area contributed by atoms with Crippen LogP contribution in [-0.4, -0.2) is 22.2 Å². The molecule has 0 aliphatic carbocycles. The second-order valence-corrected chi connectivity index (χ2v) is 5.47. The second kappa shape index (κ2) is 4.80. The van der Waals surface area contributed by atoms with Crippen LogP contribution < -0.4 is 16.4 Å². The summed E-state index contributed by atoms with van der Waals surface area (Å²) in [6.45, 7) is 3.34. The number of rotatable bonds is 2. The number of benzene rings is 1. The quantitative estimate of drug-likeness (QED) is 0.805. The summed E-state index contributed by atoms with van der Waals surface area (Å²) >= 11 is 0. The van der Waals surface area contributed by atoms with E-state index in [1.807, 2.05) is 19.2 Å². The number of primary amides is 1. The van der Waals surface area contributed by atoms with E-state index in [1.165, 1.54) is 11.1 Å². The van der Waals surface area contributed by atoms with Crippen LogP contribution in [-0.2, 0) is 20.0 Å². The van der Waals surface area contributed by atoms with Crippen LogP contribution in [0.15, 0.2) is 18.2 Å². The van der Waals surface area contributed by atoms with E-state index in [4.69, 9.17) is 11.5 Å². The topological polar surface area (TPSA) is 90.2 Å². The summed E-state index contributed by atoms with van der Waals surface area (Å²) in [5.74, 6) is 0.349. The molecule has 1 aliphatic rings. The van der Waals surface area contributed by atoms with Crippen LogP contribution in [0.5, 0.6) is 0 Å². The minimum atomic E-state index is -0.436. The average Bonchev–Trinajstić information content (AvgIpc) is 2.72. The maximum Gasteiger partial charge on any atom is 0.254 e. The smallest absolute Gasteiger partial charge is 0.254 e. The Bertz CT molecular complexity index is 719. The van der Waals surface area contributed by atoms with Crippen molar-refractivity contribution < 1.29 is 4.79 Å². The number of nitrogens with two attached hydrogens (primary N) is 2. The number of hydrogen-bond donors (Lipinski definition) is 2. The van der Waals surface area contributed by atoms with Crippen molar-refractivity contribution in [1.29, 1.82) is 0 Å². The van der Waals surface area contributed by atoms with Crippen LogP contribution in [0.2, 0.25) is 0 Å². The minimum absolute atomic E-state index is 0.436. The Morgan fingerprint density at radius 2 is 2.10 bits per heavy atom. The summed E-state index contributed by atoms with van der Waals surface area (Å²) in [7, 11) is 1.84. The predicted molar refractivity (Wildman–Crippen MR) is 82.1 cm³/mol. The van der Waals surface area contributed by atoms with Crippen LogP contribution in [0.3, 0.4) is 0 Å². The number of aromatic nitrogens is 2. The van der Waals surface area contributed by atoms with Gasteiger partial charge in [0, 0.05) is 25.8 Å². The van der Waals surface area contributed by atoms with Crippen LogP contribution in [0, 0.1) is 6.92 Å². The van der Waals surface area contributed by atoms with Gasteiger partial charge in [-0.3, -0.25) is 9.48 Å². The number of carbonyl (C=O) groups is 1. The first-order valence-corrected chi connectivity index (χ1v) is 6.93. The van der Waals surface area contributed by atoms with Gasteiger partial charge in [-0.2, -0.15) is 5.10 Å². The van der Waals surface area contributed by atoms with Crippen molar-refractivity contribution in [1.82, 2.24) is 9.78 Å². The Balaban J connectivity index is 2.02. The molecule has 6 heteroatoms. The maximum absolute atomic E-state index is 11.7. The Morgan fingerprint density at radius 1 is 1.33 bits per heavy atom. The molecule has 110 valence electrons. The van der Waals surface area contributed by atoms with Crippen molar-refractivity contribution in [2.75, 3.05) is 17.2 Å². The Labute approximate surface area is 123 Å². The van der Waals surface area contributed by atoms with Gasteiger partial charge in [0.1, 0.15) is 11.4 Å². The van der Waals surface area contributed by atoms with E-state index in [0.717, 1.165) is 24.5 Å². The standard InChI is InChI=1S/C15H19N5O/c1-9-13(14(17)21)15(19(2)18-9)20-6-5-10-3-4-12(16)7-11(10)8-20/h3-4,7H,5-6,8,16H2,1-2H3,(H2,17,21). The molecule has 1 aliphatic heterocycles. The molecular weight excluding hydrogens is 266 g/mol. The van der Waals surface area contributed by atoms with Gasteiger partial charge in [-0.15, -0.1) is 0 Å². The highest BCUT2D eigenvalue weighted by Crippen LogP contribution is 2.29. The largest absolute Gasteiger partial charge is 0.399 e. The van der Waals surface area contributed by atoms with Gasteiger partial charge in [-0.1, -0.05) is 6.07 Å². The molecule has 1 aromatic carbocycles. The first-order valence-electron chi connectivity index (χ1n) is 6.93. The van der Waals surface area contributed by atoms with Crippen LogP contribution in [0.4, 0.5) is 11.5 Å². The third-order valence-electron chi connectivity index (χ3n) is 3.98. The number of amides is 1. The molecule has 0 radical (unpaired) electrons. The van der Waals surface area contributed by atoms with Crippen LogP contribution >= 0.6 is 0 Å². The fourth-order valence-corrected chi connectivity index (χ4v) is 3.06. The molecule has 2 aromatic rings. The van der Waals surface area contributed by atoms with Gasteiger partial charge in [0.25, 0.3) is 5.91 Å². The highest BCUT2D eigenvalue weighted by molar-refractivity contribution is 5.99. The first kappa shape index (κ1) is 13.5. The van der Waals surface area contributed by atoms with Crippen molar-refractivity contribution in [3.05, 3.63) is 40.6 Å². The molecule has 3 rings (SSSR count). The fourth-order valence-electron chi connectivity index (χ4n) is 3.06. The van der Waals surface area contributed by atoms with E-state index >= 15 is 0 Å². The Hall–Kier alpha value is -2.50. The summed E-state index contributed by atoms with van der Waals surface area (Å²) in [6.07, 6.45) is 0.915. The van der Waals surface area contributed by atoms with E-state index in [1.54, 1.807) is 11.6 Å². The van der Waals surface area contributed by atoms with Crippen molar-refractivity contribution in [2.24, 2.45) is 12.8 Å². The lowest BCUT2D eigenvalue weighted by Crippen LogP contribution is -2.33. The Morgan fingerprint density at radius 3 is 2.81 bits per heavy atom. The summed E-state index contributed by atoms with van der Waals surface area (Å²) in [5, 5.41) is 4.33. The van der Waals surface area contributed by atoms with Gasteiger partial charge in [0.2, 0.25) is 0 Å². The predicted octanol–water partition coefficient (Wildman–Crippen LogP) is 0.972. The molecule has 4 N–H and O–H groups in total. The van der Waals surface area contributed by atoms with E-state index < -0.39 is 5.91 Å². The van der Waals surface area contributed by atoms with Crippen LogP contribution in [0.1, 0.15) is 27.2 Å². The molecule has 0 spiro atoms. The summed E-state index contributed by atoms with van der Waals surface area (Å²) in [6, 6.07) is 6.00. The van der Waals surface area contributed by atoms with Gasteiger partial charge in [0.15, 0.2) is 0 Å². The zero-order chi connectivity index (χ0) is 15.1. The average molecular weight is 285 g/mol. The van der Waals surface area contributed by atoms with E-state index in [0.29, 0.717) is 17.8 Å². The monoisotopic (exact) mass is 285 g/mol. The number of carbonyl (C=O) groups excluding carboxylic acids is 1. The Kier molecular flexibility index (Phi) is 3.08. The fraction of sp³-hybridized carbons (Fsp3) is 0.333. The molecule has 21 heavy (non-hydrogen) atoms. The van der Waals surface area contributed by atoms with Gasteiger partial charge >= 0.3 is 0 Å². The summed E-state index contributed by atoms with van der Waals surface area (Å²) < 4.78 is 1.73. The van der Waals surface area contributed by atoms with E-state index in [9.17, 15) is 4.79 Å². The number of anilines is 2. The lowest BCUT2D eigenvalue weighted by atomic mass is 9.99. The van der Waals surface area contributed by atoms with Crippen molar-refractivity contribution >= 4 is 17.4 Å². The minimum Gasteiger partial charge on any atom is -0.399 e. The summed E-state index contributed by atoms with van der Waals surface area (Å²) in [4.78, 5) is 13.9. The molecule has 0 unspecified atom stereocenters. The van der Waals surface area contributed by atoms with Crippen LogP contribution in [0.25, 0.3) is 0 Å². The highest BCUT2D eigenvalue weighted by Gasteiger charge is 2.26. The van der Waals surface area contributed by atoms with Gasteiger partial charge < -0.3 is 16.4 Å². The molecule has 0 saturated heterocycles. The second-order valence-electron chi connectivity index (χ2n) is 5.47. The number of nitrogens with zero attached hydrogens (tertiary/aromatic N) is 3. The molecular formula is C15H19N5O. The molecule has 6 nitrogen and oxygen atoms in total. The molecule has 0 atom stereocenters. The number of nitrogen functional groups attached to an aromatic ring is 1. The van der Waals surface area contributed by atoms with E-state index in [-0.39, 0.29) is 0 Å². The normalized spacial score (nSPS) is 14.1. The highest BCUT2D eigenvalue weighted by atomic mass is 16.1. The van der Waals surface area contributed by atoms with Gasteiger partial charge in [0.05, 0.1) is 5.69 Å². The third kappa shape index (κ3) is 2.22. The zero-order valence-electron chi connectivity index (χ0n) is 12.3. The van der Waals surface area contributed by atoms with Crippen molar-refractivity contribution in [2.45, 2.75) is 19.9 Å². The van der Waals surface area contributed by atoms with Gasteiger partial charge in [-0.05, 0) is 36.6 Å². The van der Waals surface area contributed by atoms with Crippen molar-refractivity contribution in [3.8, 4) is 0 Å². The summed E-state index contributed by atoms with van der Waals surface area (Å²) in [5.41, 5.74) is 15.8. The van der Waals surface area contributed by atoms with Gasteiger partial charge in [-0.25, -0.2) is 0 Å². The lowest BCUT2D eigenvalue weighted by molar-refractivity contribution is 0.1000.